The number of carbonyl (C=O) groups is 1. The second-order valence-electron chi connectivity index (χ2n) is 12.5. The van der Waals surface area contributed by atoms with Gasteiger partial charge < -0.3 is 25.0 Å². The van der Waals surface area contributed by atoms with Gasteiger partial charge in [0.2, 0.25) is 0 Å². The number of hydrogen-bond donors (Lipinski definition) is 3. The van der Waals surface area contributed by atoms with Crippen LogP contribution in [0.4, 0.5) is 4.79 Å². The highest BCUT2D eigenvalue weighted by Gasteiger charge is 2.37. The first-order valence-electron chi connectivity index (χ1n) is 16.0. The third kappa shape index (κ3) is 7.81. The van der Waals surface area contributed by atoms with Crippen LogP contribution >= 0.6 is 0 Å². The van der Waals surface area contributed by atoms with E-state index in [1.165, 1.54) is 0 Å². The molecule has 0 radical (unpaired) electrons. The summed E-state index contributed by atoms with van der Waals surface area (Å²) in [6.45, 7) is 18.8. The molecule has 2 atom stereocenters. The number of ether oxygens (including phenoxy) is 1. The summed E-state index contributed by atoms with van der Waals surface area (Å²) in [5.41, 5.74) is 3.40. The molecule has 3 N–H and O–H groups in total. The molecule has 1 aliphatic heterocycles. The first kappa shape index (κ1) is 33.9. The topological polar surface area (TPSA) is 96.7 Å². The van der Waals surface area contributed by atoms with Crippen molar-refractivity contribution in [3.05, 3.63) is 95.6 Å². The largest absolute Gasteiger partial charge is 0.508 e. The Bertz CT molecular complexity index is 1430. The molecule has 2 unspecified atom stereocenters. The van der Waals surface area contributed by atoms with Crippen molar-refractivity contribution in [1.29, 1.82) is 0 Å². The molecule has 0 spiro atoms. The fraction of sp³-hybridized carbons (Fsp3) is 0.432. The summed E-state index contributed by atoms with van der Waals surface area (Å²) in [6, 6.07) is 19.2. The van der Waals surface area contributed by atoms with Gasteiger partial charge in [0.15, 0.2) is 0 Å². The molecule has 2 amide bonds. The molecular weight excluding hydrogens is 566 g/mol. The summed E-state index contributed by atoms with van der Waals surface area (Å²) in [5, 5.41) is 30.2. The maximum absolute atomic E-state index is 14.8. The molecule has 1 heterocycles. The minimum atomic E-state index is -0.508. The highest BCUT2D eigenvalue weighted by Crippen LogP contribution is 2.43. The zero-order valence-electron chi connectivity index (χ0n) is 27.4. The Hall–Kier alpha value is -4.01. The third-order valence-corrected chi connectivity index (χ3v) is 8.85. The number of phenols is 2. The normalized spacial score (nSPS) is 15.4. The van der Waals surface area contributed by atoms with Crippen LogP contribution in [0.25, 0.3) is 5.70 Å². The number of aliphatic hydroxyl groups excluding tert-OH is 1. The molecule has 8 heteroatoms. The maximum atomic E-state index is 14.8. The fourth-order valence-electron chi connectivity index (χ4n) is 6.00. The Kier molecular flexibility index (Phi) is 11.2. The second kappa shape index (κ2) is 14.8. The average molecular weight is 616 g/mol. The van der Waals surface area contributed by atoms with Crippen molar-refractivity contribution in [3.63, 3.8) is 0 Å². The average Bonchev–Trinajstić information content (AvgIpc) is 3.04. The van der Waals surface area contributed by atoms with Crippen molar-refractivity contribution in [1.82, 2.24) is 14.7 Å². The number of rotatable bonds is 12. The zero-order valence-corrected chi connectivity index (χ0v) is 27.4. The van der Waals surface area contributed by atoms with E-state index in [1.54, 1.807) is 29.2 Å². The molecule has 8 nitrogen and oxygen atoms in total. The van der Waals surface area contributed by atoms with Crippen LogP contribution in [0.1, 0.15) is 75.3 Å². The van der Waals surface area contributed by atoms with E-state index >= 15 is 0 Å². The number of benzene rings is 3. The van der Waals surface area contributed by atoms with Crippen LogP contribution in [0.5, 0.6) is 17.2 Å². The van der Waals surface area contributed by atoms with Crippen LogP contribution in [0.15, 0.2) is 73.3 Å². The molecule has 242 valence electrons. The number of amides is 2. The van der Waals surface area contributed by atoms with Gasteiger partial charge in [0, 0.05) is 48.8 Å². The Balaban J connectivity index is 1.87. The lowest BCUT2D eigenvalue weighted by Crippen LogP contribution is -2.53. The van der Waals surface area contributed by atoms with Crippen LogP contribution in [-0.2, 0) is 5.41 Å². The van der Waals surface area contributed by atoms with Gasteiger partial charge >= 0.3 is 6.03 Å². The molecule has 4 rings (SSSR count). The molecule has 1 fully saturated rings. The third-order valence-electron chi connectivity index (χ3n) is 8.85. The molecular formula is C37H49N3O5. The predicted molar refractivity (Wildman–Crippen MR) is 180 cm³/mol. The van der Waals surface area contributed by atoms with Gasteiger partial charge in [-0.2, -0.15) is 0 Å². The van der Waals surface area contributed by atoms with Gasteiger partial charge in [-0.05, 0) is 73.0 Å². The molecule has 3 aromatic rings. The summed E-state index contributed by atoms with van der Waals surface area (Å²) >= 11 is 0. The second-order valence-corrected chi connectivity index (χ2v) is 12.5. The van der Waals surface area contributed by atoms with Gasteiger partial charge in [-0.3, -0.25) is 9.80 Å². The smallest absolute Gasteiger partial charge is 0.325 e. The summed E-state index contributed by atoms with van der Waals surface area (Å²) in [4.78, 5) is 20.9. The highest BCUT2D eigenvalue weighted by molar-refractivity contribution is 5.87. The van der Waals surface area contributed by atoms with Gasteiger partial charge in [0.1, 0.15) is 17.2 Å². The summed E-state index contributed by atoms with van der Waals surface area (Å²) in [6.07, 6.45) is 1.06. The monoisotopic (exact) mass is 615 g/mol. The quantitative estimate of drug-likeness (QED) is 0.209. The Labute approximate surface area is 268 Å². The number of aromatic hydroxyl groups is 2. The first-order valence-corrected chi connectivity index (χ1v) is 16.0. The van der Waals surface area contributed by atoms with E-state index in [9.17, 15) is 20.1 Å². The minimum Gasteiger partial charge on any atom is -0.508 e. The van der Waals surface area contributed by atoms with E-state index < -0.39 is 11.5 Å². The standard InChI is InChI=1S/C37H49N3O5/c1-7-19-38-20-22-39(23-21-38)36(44)40(27(4)33-18-13-30(37(5,6)25-41)24-34(33)45-8-2)35(29-11-16-32(43)17-12-29)26(3)28-9-14-31(42)15-10-28/h9-18,24,26,35,41-43H,4,7-8,19-23,25H2,1-3,5-6H3. The Morgan fingerprint density at radius 2 is 1.51 bits per heavy atom. The lowest BCUT2D eigenvalue weighted by atomic mass is 9.84. The maximum Gasteiger partial charge on any atom is 0.325 e. The van der Waals surface area contributed by atoms with Gasteiger partial charge in [-0.15, -0.1) is 0 Å². The van der Waals surface area contributed by atoms with Crippen LogP contribution in [0, 0.1) is 0 Å². The number of hydrogen-bond acceptors (Lipinski definition) is 6. The summed E-state index contributed by atoms with van der Waals surface area (Å²) < 4.78 is 6.15. The highest BCUT2D eigenvalue weighted by atomic mass is 16.5. The van der Waals surface area contributed by atoms with E-state index in [2.05, 4.69) is 25.3 Å². The van der Waals surface area contributed by atoms with Crippen LogP contribution in [0.2, 0.25) is 0 Å². The number of carbonyl (C=O) groups excluding carboxylic acids is 1. The van der Waals surface area contributed by atoms with Crippen LogP contribution in [0.3, 0.4) is 0 Å². The van der Waals surface area contributed by atoms with E-state index in [0.29, 0.717) is 36.7 Å². The van der Waals surface area contributed by atoms with Gasteiger partial charge in [0.25, 0.3) is 0 Å². The van der Waals surface area contributed by atoms with Gasteiger partial charge in [0.05, 0.1) is 19.3 Å². The molecule has 3 aromatic carbocycles. The minimum absolute atomic E-state index is 0.0272. The lowest BCUT2D eigenvalue weighted by molar-refractivity contribution is 0.114. The molecule has 1 saturated heterocycles. The number of urea groups is 1. The van der Waals surface area contributed by atoms with Gasteiger partial charge in [-0.1, -0.05) is 64.6 Å². The number of piperazine rings is 1. The Morgan fingerprint density at radius 1 is 0.933 bits per heavy atom. The molecule has 0 aromatic heterocycles. The first-order chi connectivity index (χ1) is 21.5. The van der Waals surface area contributed by atoms with Crippen molar-refractivity contribution in [2.75, 3.05) is 45.9 Å². The van der Waals surface area contributed by atoms with Crippen molar-refractivity contribution < 1.29 is 24.9 Å². The number of nitrogens with zero attached hydrogens (tertiary/aromatic N) is 3. The SMILES string of the molecule is C=C(c1ccc(C(C)(C)CO)cc1OCC)N(C(=O)N1CCN(CCC)CC1)C(c1ccc(O)cc1)C(C)c1ccc(O)cc1. The van der Waals surface area contributed by atoms with Crippen molar-refractivity contribution >= 4 is 11.7 Å². The van der Waals surface area contributed by atoms with Gasteiger partial charge in [-0.25, -0.2) is 4.79 Å². The van der Waals surface area contributed by atoms with E-state index in [0.717, 1.165) is 42.7 Å². The van der Waals surface area contributed by atoms with Crippen molar-refractivity contribution in [2.45, 2.75) is 58.4 Å². The predicted octanol–water partition coefficient (Wildman–Crippen LogP) is 6.73. The summed E-state index contributed by atoms with van der Waals surface area (Å²) in [5.74, 6) is 0.676. The van der Waals surface area contributed by atoms with E-state index in [-0.39, 0.29) is 30.1 Å². The molecule has 45 heavy (non-hydrogen) atoms. The van der Waals surface area contributed by atoms with Crippen LogP contribution < -0.4 is 4.74 Å². The lowest BCUT2D eigenvalue weighted by Gasteiger charge is -2.43. The van der Waals surface area contributed by atoms with Crippen LogP contribution in [-0.4, -0.2) is 82.0 Å². The van der Waals surface area contributed by atoms with Crippen molar-refractivity contribution in [2.24, 2.45) is 0 Å². The van der Waals surface area contributed by atoms with Crippen molar-refractivity contribution in [3.8, 4) is 17.2 Å². The number of phenolic OH excluding ortho intramolecular Hbond substituents is 2. The summed E-state index contributed by atoms with van der Waals surface area (Å²) in [7, 11) is 0. The number of aliphatic hydroxyl groups is 1. The molecule has 1 aliphatic rings. The molecule has 0 bridgehead atoms. The van der Waals surface area contributed by atoms with E-state index in [4.69, 9.17) is 4.74 Å². The molecule has 0 saturated carbocycles. The molecule has 0 aliphatic carbocycles. The Morgan fingerprint density at radius 3 is 2.04 bits per heavy atom. The zero-order chi connectivity index (χ0) is 32.7. The fourth-order valence-corrected chi connectivity index (χ4v) is 6.00. The van der Waals surface area contributed by atoms with E-state index in [1.807, 2.05) is 68.1 Å².